The van der Waals surface area contributed by atoms with Gasteiger partial charge in [-0.15, -0.1) is 0 Å². The summed E-state index contributed by atoms with van der Waals surface area (Å²) in [7, 11) is 0. The smallest absolute Gasteiger partial charge is 0.0709 e. The zero-order valence-electron chi connectivity index (χ0n) is 14.2. The molecule has 0 radical (unpaired) electrons. The lowest BCUT2D eigenvalue weighted by Gasteiger charge is -2.01. The molecule has 0 spiro atoms. The highest BCUT2D eigenvalue weighted by Crippen LogP contribution is 2.18. The fraction of sp³-hybridized carbons (Fsp3) is 0.350. The highest BCUT2D eigenvalue weighted by molar-refractivity contribution is 5.92. The average Bonchev–Trinajstić information content (AvgIpc) is 2.63. The molecule has 0 atom stereocenters. The maximum Gasteiger partial charge on any atom is 0.0709 e. The first-order valence-electron chi connectivity index (χ1n) is 8.70. The zero-order chi connectivity index (χ0) is 17.0. The molecular weight excluding hydrogens is 296 g/mol. The van der Waals surface area contributed by atoms with E-state index in [0.29, 0.717) is 0 Å². The van der Waals surface area contributed by atoms with E-state index >= 15 is 0 Å². The van der Waals surface area contributed by atoms with Gasteiger partial charge in [0.05, 0.1) is 11.0 Å². The van der Waals surface area contributed by atoms with E-state index in [9.17, 15) is 0 Å². The molecule has 0 aliphatic carbocycles. The van der Waals surface area contributed by atoms with Crippen LogP contribution in [0.2, 0.25) is 0 Å². The maximum atomic E-state index is 5.32. The number of rotatable bonds is 7. The molecule has 24 heavy (non-hydrogen) atoms. The van der Waals surface area contributed by atoms with Crippen LogP contribution in [-0.2, 0) is 0 Å². The van der Waals surface area contributed by atoms with Crippen molar-refractivity contribution in [1.82, 2.24) is 10.3 Å². The monoisotopic (exact) mass is 324 g/mol. The van der Waals surface area contributed by atoms with Gasteiger partial charge < -0.3 is 16.8 Å². The van der Waals surface area contributed by atoms with Gasteiger partial charge in [0.25, 0.3) is 0 Å². The van der Waals surface area contributed by atoms with Gasteiger partial charge in [-0.25, -0.2) is 4.98 Å². The second kappa shape index (κ2) is 10.7. The summed E-state index contributed by atoms with van der Waals surface area (Å²) in [6.07, 6.45) is 3.37. The Morgan fingerprint density at radius 1 is 0.708 bits per heavy atom. The molecule has 2 aromatic carbocycles. The number of nitrogens with one attached hydrogen (secondary N) is 1. The van der Waals surface area contributed by atoms with Crippen LogP contribution in [0.4, 0.5) is 0 Å². The van der Waals surface area contributed by atoms with Gasteiger partial charge in [0, 0.05) is 10.8 Å². The van der Waals surface area contributed by atoms with Gasteiger partial charge in [0.1, 0.15) is 0 Å². The number of unbranched alkanes of at least 4 members (excludes halogenated alkanes) is 1. The molecule has 128 valence electrons. The van der Waals surface area contributed by atoms with Crippen LogP contribution in [0.25, 0.3) is 21.8 Å². The molecule has 3 rings (SSSR count). The Morgan fingerprint density at radius 3 is 1.83 bits per heavy atom. The molecule has 0 bridgehead atoms. The molecule has 0 saturated heterocycles. The van der Waals surface area contributed by atoms with Crippen LogP contribution in [0.5, 0.6) is 0 Å². The van der Waals surface area contributed by atoms with Crippen molar-refractivity contribution in [1.29, 1.82) is 0 Å². The van der Waals surface area contributed by atoms with Crippen LogP contribution in [0.3, 0.4) is 0 Å². The highest BCUT2D eigenvalue weighted by Gasteiger charge is 1.96. The quantitative estimate of drug-likeness (QED) is 0.461. The Kier molecular flexibility index (Phi) is 8.18. The average molecular weight is 324 g/mol. The summed E-state index contributed by atoms with van der Waals surface area (Å²) >= 11 is 0. The Bertz CT molecular complexity index is 614. The summed E-state index contributed by atoms with van der Waals surface area (Å²) in [5.41, 5.74) is 12.8. The molecule has 0 aliphatic heterocycles. The van der Waals surface area contributed by atoms with Crippen molar-refractivity contribution < 1.29 is 0 Å². The highest BCUT2D eigenvalue weighted by atomic mass is 14.8. The third-order valence-corrected chi connectivity index (χ3v) is 3.79. The molecule has 0 fully saturated rings. The lowest BCUT2D eigenvalue weighted by atomic mass is 10.1. The minimum absolute atomic E-state index is 0.782. The van der Waals surface area contributed by atoms with Gasteiger partial charge in [0.2, 0.25) is 0 Å². The van der Waals surface area contributed by atoms with E-state index in [1.807, 2.05) is 36.4 Å². The van der Waals surface area contributed by atoms with E-state index in [2.05, 4.69) is 28.5 Å². The van der Waals surface area contributed by atoms with E-state index < -0.39 is 0 Å². The number of hydrogen-bond donors (Lipinski definition) is 3. The zero-order valence-corrected chi connectivity index (χ0v) is 14.2. The van der Waals surface area contributed by atoms with Crippen LogP contribution >= 0.6 is 0 Å². The molecule has 0 unspecified atom stereocenters. The molecule has 0 amide bonds. The summed E-state index contributed by atoms with van der Waals surface area (Å²) in [6.45, 7) is 3.71. The van der Waals surface area contributed by atoms with Crippen molar-refractivity contribution in [3.8, 4) is 0 Å². The minimum atomic E-state index is 0.782. The first kappa shape index (κ1) is 18.3. The van der Waals surface area contributed by atoms with Crippen LogP contribution in [-0.4, -0.2) is 31.2 Å². The first-order chi connectivity index (χ1) is 11.8. The van der Waals surface area contributed by atoms with Crippen LogP contribution in [0.1, 0.15) is 19.3 Å². The lowest BCUT2D eigenvalue weighted by Crippen LogP contribution is -2.19. The van der Waals surface area contributed by atoms with Crippen molar-refractivity contribution in [3.05, 3.63) is 54.6 Å². The SMILES string of the molecule is NCCCCNCCCN.c1ccc2nc3ccccc3cc2c1. The van der Waals surface area contributed by atoms with Crippen molar-refractivity contribution in [2.24, 2.45) is 11.5 Å². The number of para-hydroxylation sites is 2. The minimum Gasteiger partial charge on any atom is -0.330 e. The van der Waals surface area contributed by atoms with Crippen molar-refractivity contribution in [2.45, 2.75) is 19.3 Å². The second-order valence-electron chi connectivity index (χ2n) is 5.76. The van der Waals surface area contributed by atoms with Gasteiger partial charge in [-0.2, -0.15) is 0 Å². The molecule has 0 aliphatic rings. The normalized spacial score (nSPS) is 10.6. The molecule has 4 heteroatoms. The van der Waals surface area contributed by atoms with E-state index in [4.69, 9.17) is 11.5 Å². The van der Waals surface area contributed by atoms with Crippen LogP contribution in [0.15, 0.2) is 54.6 Å². The molecule has 5 N–H and O–H groups in total. The second-order valence-corrected chi connectivity index (χ2v) is 5.76. The number of aromatic nitrogens is 1. The largest absolute Gasteiger partial charge is 0.330 e. The summed E-state index contributed by atoms with van der Waals surface area (Å²) in [4.78, 5) is 4.58. The summed E-state index contributed by atoms with van der Waals surface area (Å²) in [5.74, 6) is 0. The Hall–Kier alpha value is -2.01. The standard InChI is InChI=1S/C13H9N.C7H19N3/c1-3-7-12-10(5-1)9-11-6-2-4-8-13(11)14-12;8-4-1-2-6-10-7-3-5-9/h1-9H;10H,1-9H2. The maximum absolute atomic E-state index is 5.32. The topological polar surface area (TPSA) is 77.0 Å². The molecule has 4 nitrogen and oxygen atoms in total. The Morgan fingerprint density at radius 2 is 1.25 bits per heavy atom. The fourth-order valence-corrected chi connectivity index (χ4v) is 2.47. The summed E-state index contributed by atoms with van der Waals surface area (Å²) in [6, 6.07) is 18.6. The third-order valence-electron chi connectivity index (χ3n) is 3.79. The van der Waals surface area contributed by atoms with Crippen LogP contribution in [0, 0.1) is 0 Å². The number of hydrogen-bond acceptors (Lipinski definition) is 4. The summed E-state index contributed by atoms with van der Waals surface area (Å²) < 4.78 is 0. The van der Waals surface area contributed by atoms with E-state index in [0.717, 1.165) is 50.1 Å². The van der Waals surface area contributed by atoms with Gasteiger partial charge in [-0.05, 0) is 63.6 Å². The van der Waals surface area contributed by atoms with Crippen LogP contribution < -0.4 is 16.8 Å². The predicted octanol–water partition coefficient (Wildman–Crippen LogP) is 3.05. The molecule has 3 aromatic rings. The van der Waals surface area contributed by atoms with E-state index in [1.165, 1.54) is 17.2 Å². The lowest BCUT2D eigenvalue weighted by molar-refractivity contribution is 0.611. The van der Waals surface area contributed by atoms with E-state index in [-0.39, 0.29) is 0 Å². The number of benzene rings is 2. The molecule has 1 aromatic heterocycles. The number of nitrogens with zero attached hydrogens (tertiary/aromatic N) is 1. The van der Waals surface area contributed by atoms with Crippen molar-refractivity contribution >= 4 is 21.8 Å². The van der Waals surface area contributed by atoms with Gasteiger partial charge in [0.15, 0.2) is 0 Å². The Balaban J connectivity index is 0.000000187. The van der Waals surface area contributed by atoms with Crippen molar-refractivity contribution in [2.75, 3.05) is 26.2 Å². The van der Waals surface area contributed by atoms with Gasteiger partial charge in [-0.1, -0.05) is 36.4 Å². The van der Waals surface area contributed by atoms with Gasteiger partial charge in [-0.3, -0.25) is 0 Å². The molecular formula is C20H28N4. The van der Waals surface area contributed by atoms with Gasteiger partial charge >= 0.3 is 0 Å². The first-order valence-corrected chi connectivity index (χ1v) is 8.70. The third kappa shape index (κ3) is 5.89. The van der Waals surface area contributed by atoms with E-state index in [1.54, 1.807) is 0 Å². The molecule has 1 heterocycles. The predicted molar refractivity (Wildman–Crippen MR) is 104 cm³/mol. The number of pyridine rings is 1. The molecule has 0 saturated carbocycles. The summed E-state index contributed by atoms with van der Waals surface area (Å²) in [5, 5.41) is 5.69. The fourth-order valence-electron chi connectivity index (χ4n) is 2.47. The van der Waals surface area contributed by atoms with Crippen molar-refractivity contribution in [3.63, 3.8) is 0 Å². The Labute approximate surface area is 144 Å². The number of fused-ring (bicyclic) bond motifs is 2. The number of nitrogens with two attached hydrogens (primary N) is 2.